The van der Waals surface area contributed by atoms with E-state index in [1.165, 1.54) is 0 Å². The summed E-state index contributed by atoms with van der Waals surface area (Å²) in [6, 6.07) is 5.36. The van der Waals surface area contributed by atoms with Crippen LogP contribution in [0.4, 0.5) is 10.5 Å². The third-order valence-electron chi connectivity index (χ3n) is 3.19. The van der Waals surface area contributed by atoms with Crippen LogP contribution in [0.5, 0.6) is 5.75 Å². The summed E-state index contributed by atoms with van der Waals surface area (Å²) in [5.74, 6) is 0.497. The Hall–Kier alpha value is -1.75. The second-order valence-corrected chi connectivity index (χ2v) is 6.09. The predicted molar refractivity (Wildman–Crippen MR) is 78.2 cm³/mol. The highest BCUT2D eigenvalue weighted by molar-refractivity contribution is 5.86. The van der Waals surface area contributed by atoms with Gasteiger partial charge in [-0.25, -0.2) is 4.79 Å². The van der Waals surface area contributed by atoms with Crippen LogP contribution in [0.2, 0.25) is 0 Å². The summed E-state index contributed by atoms with van der Waals surface area (Å²) in [5.41, 5.74) is 0.894. The summed E-state index contributed by atoms with van der Waals surface area (Å²) in [6.07, 6.45) is 0.501. The molecule has 1 amide bonds. The zero-order valence-corrected chi connectivity index (χ0v) is 12.2. The van der Waals surface area contributed by atoms with Crippen LogP contribution >= 0.6 is 0 Å². The molecule has 1 aromatic carbocycles. The number of phenolic OH excluding ortho intramolecular Hbond substituents is 1. The van der Waals surface area contributed by atoms with Gasteiger partial charge in [-0.3, -0.25) is 5.32 Å². The van der Waals surface area contributed by atoms with Crippen LogP contribution in [0.3, 0.4) is 0 Å². The number of anilines is 1. The average molecular weight is 278 g/mol. The zero-order chi connectivity index (χ0) is 14.8. The SMILES string of the molecule is CC(C)(C)OC(=O)Nc1ccc(C2CCNC2)cc1O. The molecule has 110 valence electrons. The van der Waals surface area contributed by atoms with Crippen molar-refractivity contribution in [2.45, 2.75) is 38.7 Å². The van der Waals surface area contributed by atoms with Gasteiger partial charge >= 0.3 is 6.09 Å². The summed E-state index contributed by atoms with van der Waals surface area (Å²) in [6.45, 7) is 7.31. The second-order valence-electron chi connectivity index (χ2n) is 6.09. The molecule has 1 aliphatic rings. The Morgan fingerprint density at radius 1 is 1.45 bits per heavy atom. The lowest BCUT2D eigenvalue weighted by Gasteiger charge is -2.20. The van der Waals surface area contributed by atoms with E-state index in [1.807, 2.05) is 6.07 Å². The molecule has 1 saturated heterocycles. The lowest BCUT2D eigenvalue weighted by Crippen LogP contribution is -2.27. The maximum atomic E-state index is 11.7. The Morgan fingerprint density at radius 2 is 2.20 bits per heavy atom. The quantitative estimate of drug-likeness (QED) is 0.727. The van der Waals surface area contributed by atoms with E-state index in [-0.39, 0.29) is 5.75 Å². The number of aromatic hydroxyl groups is 1. The largest absolute Gasteiger partial charge is 0.506 e. The lowest BCUT2D eigenvalue weighted by molar-refractivity contribution is 0.0635. The van der Waals surface area contributed by atoms with Gasteiger partial charge in [-0.2, -0.15) is 0 Å². The molecule has 1 aliphatic heterocycles. The Balaban J connectivity index is 2.04. The number of hydrogen-bond acceptors (Lipinski definition) is 4. The van der Waals surface area contributed by atoms with Gasteiger partial charge in [-0.15, -0.1) is 0 Å². The number of rotatable bonds is 2. The molecule has 5 heteroatoms. The van der Waals surface area contributed by atoms with Gasteiger partial charge in [0, 0.05) is 6.54 Å². The molecule has 0 radical (unpaired) electrons. The minimum atomic E-state index is -0.567. The van der Waals surface area contributed by atoms with Crippen LogP contribution < -0.4 is 10.6 Å². The minimum Gasteiger partial charge on any atom is -0.506 e. The number of ether oxygens (including phenoxy) is 1. The number of phenols is 1. The number of benzene rings is 1. The normalized spacial score (nSPS) is 18.9. The smallest absolute Gasteiger partial charge is 0.412 e. The summed E-state index contributed by atoms with van der Waals surface area (Å²) in [4.78, 5) is 11.7. The summed E-state index contributed by atoms with van der Waals surface area (Å²) in [7, 11) is 0. The van der Waals surface area contributed by atoms with Crippen molar-refractivity contribution in [2.24, 2.45) is 0 Å². The van der Waals surface area contributed by atoms with Gasteiger partial charge in [0.05, 0.1) is 5.69 Å². The van der Waals surface area contributed by atoms with E-state index in [1.54, 1.807) is 32.9 Å². The monoisotopic (exact) mass is 278 g/mol. The third kappa shape index (κ3) is 3.87. The number of nitrogens with one attached hydrogen (secondary N) is 2. The van der Waals surface area contributed by atoms with Gasteiger partial charge in [0.2, 0.25) is 0 Å². The molecule has 5 nitrogen and oxygen atoms in total. The highest BCUT2D eigenvalue weighted by Crippen LogP contribution is 2.30. The van der Waals surface area contributed by atoms with Crippen molar-refractivity contribution in [2.75, 3.05) is 18.4 Å². The Labute approximate surface area is 119 Å². The van der Waals surface area contributed by atoms with E-state index < -0.39 is 11.7 Å². The number of carbonyl (C=O) groups is 1. The van der Waals surface area contributed by atoms with E-state index in [2.05, 4.69) is 10.6 Å². The maximum absolute atomic E-state index is 11.7. The van der Waals surface area contributed by atoms with Crippen molar-refractivity contribution >= 4 is 11.8 Å². The fourth-order valence-electron chi connectivity index (χ4n) is 2.26. The second kappa shape index (κ2) is 5.71. The fourth-order valence-corrected chi connectivity index (χ4v) is 2.26. The first-order valence-corrected chi connectivity index (χ1v) is 6.89. The van der Waals surface area contributed by atoms with Gasteiger partial charge in [0.25, 0.3) is 0 Å². The van der Waals surface area contributed by atoms with E-state index in [9.17, 15) is 9.90 Å². The predicted octanol–water partition coefficient (Wildman–Crippen LogP) is 2.82. The van der Waals surface area contributed by atoms with Gasteiger partial charge in [-0.05, 0) is 57.4 Å². The Morgan fingerprint density at radius 3 is 2.75 bits per heavy atom. The average Bonchev–Trinajstić information content (AvgIpc) is 2.82. The number of hydrogen-bond donors (Lipinski definition) is 3. The van der Waals surface area contributed by atoms with Gasteiger partial charge in [0.15, 0.2) is 0 Å². The van der Waals surface area contributed by atoms with Crippen molar-refractivity contribution < 1.29 is 14.6 Å². The molecule has 0 aliphatic carbocycles. The molecule has 1 fully saturated rings. The summed E-state index contributed by atoms with van der Waals surface area (Å²) < 4.78 is 5.16. The molecule has 0 saturated carbocycles. The van der Waals surface area contributed by atoms with Crippen LogP contribution in [0, 0.1) is 0 Å². The van der Waals surface area contributed by atoms with Crippen molar-refractivity contribution in [3.8, 4) is 5.75 Å². The van der Waals surface area contributed by atoms with Crippen LogP contribution in [0.15, 0.2) is 18.2 Å². The molecule has 1 heterocycles. The first kappa shape index (κ1) is 14.7. The molecule has 0 bridgehead atoms. The molecule has 20 heavy (non-hydrogen) atoms. The fraction of sp³-hybridized carbons (Fsp3) is 0.533. The molecule has 2 rings (SSSR count). The standard InChI is InChI=1S/C15H22N2O3/c1-15(2,3)20-14(19)17-12-5-4-10(8-13(12)18)11-6-7-16-9-11/h4-5,8,11,16,18H,6-7,9H2,1-3H3,(H,17,19). The first-order valence-electron chi connectivity index (χ1n) is 6.89. The van der Waals surface area contributed by atoms with E-state index in [0.29, 0.717) is 11.6 Å². The summed E-state index contributed by atoms with van der Waals surface area (Å²) >= 11 is 0. The third-order valence-corrected chi connectivity index (χ3v) is 3.19. The van der Waals surface area contributed by atoms with Crippen LogP contribution in [0.1, 0.15) is 38.7 Å². The number of amides is 1. The van der Waals surface area contributed by atoms with Crippen LogP contribution in [-0.2, 0) is 4.74 Å². The van der Waals surface area contributed by atoms with E-state index in [0.717, 1.165) is 25.1 Å². The molecular formula is C15H22N2O3. The van der Waals surface area contributed by atoms with Gasteiger partial charge in [0.1, 0.15) is 11.4 Å². The highest BCUT2D eigenvalue weighted by Gasteiger charge is 2.20. The Bertz CT molecular complexity index is 488. The van der Waals surface area contributed by atoms with Crippen molar-refractivity contribution in [3.05, 3.63) is 23.8 Å². The molecule has 1 unspecified atom stereocenters. The van der Waals surface area contributed by atoms with Crippen molar-refractivity contribution in [1.82, 2.24) is 5.32 Å². The van der Waals surface area contributed by atoms with E-state index >= 15 is 0 Å². The summed E-state index contributed by atoms with van der Waals surface area (Å²) in [5, 5.41) is 15.9. The first-order chi connectivity index (χ1) is 9.35. The lowest BCUT2D eigenvalue weighted by atomic mass is 9.98. The van der Waals surface area contributed by atoms with Crippen LogP contribution in [-0.4, -0.2) is 29.9 Å². The highest BCUT2D eigenvalue weighted by atomic mass is 16.6. The van der Waals surface area contributed by atoms with Crippen molar-refractivity contribution in [3.63, 3.8) is 0 Å². The van der Waals surface area contributed by atoms with Crippen molar-refractivity contribution in [1.29, 1.82) is 0 Å². The van der Waals surface area contributed by atoms with Gasteiger partial charge < -0.3 is 15.2 Å². The van der Waals surface area contributed by atoms with Gasteiger partial charge in [-0.1, -0.05) is 6.07 Å². The topological polar surface area (TPSA) is 70.6 Å². The van der Waals surface area contributed by atoms with Crippen LogP contribution in [0.25, 0.3) is 0 Å². The Kier molecular flexibility index (Phi) is 4.18. The molecule has 1 atom stereocenters. The molecule has 0 aromatic heterocycles. The minimum absolute atomic E-state index is 0.0697. The molecule has 3 N–H and O–H groups in total. The zero-order valence-electron chi connectivity index (χ0n) is 12.2. The van der Waals surface area contributed by atoms with E-state index in [4.69, 9.17) is 4.74 Å². The number of carbonyl (C=O) groups excluding carboxylic acids is 1. The molecule has 1 aromatic rings. The maximum Gasteiger partial charge on any atom is 0.412 e. The molecule has 0 spiro atoms. The molecular weight excluding hydrogens is 256 g/mol.